The molecule has 0 bridgehead atoms. The molecule has 0 aromatic carbocycles. The van der Waals surface area contributed by atoms with E-state index in [4.69, 9.17) is 14.2 Å². The molecule has 0 heterocycles. The van der Waals surface area contributed by atoms with E-state index in [9.17, 15) is 14.4 Å². The average molecular weight is 1020 g/mol. The normalized spacial score (nSPS) is 12.6. The molecule has 0 aliphatic rings. The van der Waals surface area contributed by atoms with Crippen LogP contribution in [0.1, 0.15) is 303 Å². The molecular formula is C67H116O6. The van der Waals surface area contributed by atoms with Gasteiger partial charge in [0.05, 0.1) is 0 Å². The molecule has 6 heteroatoms. The van der Waals surface area contributed by atoms with Gasteiger partial charge in [-0.15, -0.1) is 0 Å². The molecule has 0 aromatic rings. The fraction of sp³-hybridized carbons (Fsp3) is 0.746. The van der Waals surface area contributed by atoms with Crippen LogP contribution < -0.4 is 0 Å². The average Bonchev–Trinajstić information content (AvgIpc) is 3.39. The molecule has 0 spiro atoms. The van der Waals surface area contributed by atoms with Gasteiger partial charge >= 0.3 is 17.9 Å². The summed E-state index contributed by atoms with van der Waals surface area (Å²) in [5.41, 5.74) is 0. The molecular weight excluding hydrogens is 901 g/mol. The van der Waals surface area contributed by atoms with Crippen molar-refractivity contribution in [1.29, 1.82) is 0 Å². The number of unbranched alkanes of at least 4 members (excludes halogenated alkanes) is 31. The maximum Gasteiger partial charge on any atom is 0.306 e. The monoisotopic (exact) mass is 1020 g/mol. The maximum atomic E-state index is 12.9. The Morgan fingerprint density at radius 2 is 0.534 bits per heavy atom. The number of rotatable bonds is 56. The van der Waals surface area contributed by atoms with Gasteiger partial charge < -0.3 is 14.2 Å². The minimum atomic E-state index is -0.790. The predicted molar refractivity (Wildman–Crippen MR) is 316 cm³/mol. The summed E-state index contributed by atoms with van der Waals surface area (Å²) in [6.07, 6.45) is 80.0. The standard InChI is InChI=1S/C67H116O6/c1-4-7-10-13-16-19-22-25-28-31-32-33-34-35-36-37-40-42-45-48-51-54-57-60-66(69)72-63-64(73-67(70)61-58-55-52-49-46-43-39-30-27-24-21-18-15-12-9-6-3)62-71-65(68)59-56-53-50-47-44-41-38-29-26-23-20-17-14-11-8-5-2/h7,10,16,19,21,24-25,28-30,32-33,38-39,64H,4-6,8-9,11-15,17-18,20,22-23,26-27,31,34-37,40-63H2,1-3H3/b10-7-,19-16-,24-21-,28-25-,33-32-,38-29-,39-30-. The molecule has 0 aliphatic heterocycles. The summed E-state index contributed by atoms with van der Waals surface area (Å²) < 4.78 is 16.9. The first-order chi connectivity index (χ1) is 36.0. The molecule has 0 rings (SSSR count). The second kappa shape index (κ2) is 61.1. The number of allylic oxidation sites excluding steroid dienone is 14. The van der Waals surface area contributed by atoms with Crippen LogP contribution in [0.5, 0.6) is 0 Å². The summed E-state index contributed by atoms with van der Waals surface area (Å²) in [4.78, 5) is 38.3. The molecule has 1 atom stereocenters. The quantitative estimate of drug-likeness (QED) is 0.0261. The Balaban J connectivity index is 4.38. The van der Waals surface area contributed by atoms with Gasteiger partial charge in [0.25, 0.3) is 0 Å². The zero-order valence-corrected chi connectivity index (χ0v) is 48.1. The van der Waals surface area contributed by atoms with E-state index in [0.29, 0.717) is 19.3 Å². The fourth-order valence-corrected chi connectivity index (χ4v) is 8.69. The smallest absolute Gasteiger partial charge is 0.306 e. The summed E-state index contributed by atoms with van der Waals surface area (Å²) in [6, 6.07) is 0. The van der Waals surface area contributed by atoms with Gasteiger partial charge in [-0.05, 0) is 116 Å². The topological polar surface area (TPSA) is 78.9 Å². The highest BCUT2D eigenvalue weighted by molar-refractivity contribution is 5.71. The number of carbonyl (C=O) groups excluding carboxylic acids is 3. The minimum Gasteiger partial charge on any atom is -0.462 e. The number of carbonyl (C=O) groups is 3. The van der Waals surface area contributed by atoms with Crippen LogP contribution in [0.25, 0.3) is 0 Å². The maximum absolute atomic E-state index is 12.9. The zero-order chi connectivity index (χ0) is 52.9. The highest BCUT2D eigenvalue weighted by Gasteiger charge is 2.19. The van der Waals surface area contributed by atoms with E-state index >= 15 is 0 Å². The lowest BCUT2D eigenvalue weighted by molar-refractivity contribution is -0.167. The molecule has 0 saturated carbocycles. The molecule has 0 aliphatic carbocycles. The lowest BCUT2D eigenvalue weighted by Gasteiger charge is -2.18. The first-order valence-electron chi connectivity index (χ1n) is 31.1. The van der Waals surface area contributed by atoms with Crippen molar-refractivity contribution >= 4 is 17.9 Å². The summed E-state index contributed by atoms with van der Waals surface area (Å²) in [6.45, 7) is 6.51. The van der Waals surface area contributed by atoms with Crippen LogP contribution in [-0.4, -0.2) is 37.2 Å². The van der Waals surface area contributed by atoms with Gasteiger partial charge in [-0.1, -0.05) is 254 Å². The van der Waals surface area contributed by atoms with Crippen molar-refractivity contribution in [2.75, 3.05) is 13.2 Å². The molecule has 1 unspecified atom stereocenters. The Kier molecular flexibility index (Phi) is 58.3. The largest absolute Gasteiger partial charge is 0.462 e. The second-order valence-corrected chi connectivity index (χ2v) is 20.6. The van der Waals surface area contributed by atoms with Gasteiger partial charge in [0.2, 0.25) is 0 Å². The van der Waals surface area contributed by atoms with Gasteiger partial charge in [-0.25, -0.2) is 0 Å². The third kappa shape index (κ3) is 59.3. The molecule has 0 aromatic heterocycles. The summed E-state index contributed by atoms with van der Waals surface area (Å²) in [7, 11) is 0. The number of ether oxygens (including phenoxy) is 3. The third-order valence-electron chi connectivity index (χ3n) is 13.4. The van der Waals surface area contributed by atoms with E-state index < -0.39 is 6.10 Å². The van der Waals surface area contributed by atoms with Gasteiger partial charge in [0.15, 0.2) is 6.10 Å². The van der Waals surface area contributed by atoms with Gasteiger partial charge in [0, 0.05) is 19.3 Å². The lowest BCUT2D eigenvalue weighted by Crippen LogP contribution is -2.30. The summed E-state index contributed by atoms with van der Waals surface area (Å²) in [5.74, 6) is -0.902. The second-order valence-electron chi connectivity index (χ2n) is 20.6. The molecule has 73 heavy (non-hydrogen) atoms. The van der Waals surface area contributed by atoms with Crippen LogP contribution in [0.3, 0.4) is 0 Å². The summed E-state index contributed by atoms with van der Waals surface area (Å²) >= 11 is 0. The first-order valence-corrected chi connectivity index (χ1v) is 31.1. The van der Waals surface area contributed by atoms with Crippen molar-refractivity contribution in [3.63, 3.8) is 0 Å². The molecule has 0 N–H and O–H groups in total. The van der Waals surface area contributed by atoms with E-state index in [-0.39, 0.29) is 31.1 Å². The summed E-state index contributed by atoms with van der Waals surface area (Å²) in [5, 5.41) is 0. The van der Waals surface area contributed by atoms with Crippen LogP contribution in [0, 0.1) is 0 Å². The minimum absolute atomic E-state index is 0.0863. The predicted octanol–water partition coefficient (Wildman–Crippen LogP) is 21.1. The SMILES string of the molecule is CC/C=C\C/C=C\C/C=C\C/C=C\CCCCCCCCCCCCC(=O)OCC(COC(=O)CCCCCCC/C=C\CCCCCCCCC)OC(=O)CCCCCCC/C=C\C/C=C\CCCCCC. The van der Waals surface area contributed by atoms with Gasteiger partial charge in [-0.2, -0.15) is 0 Å². The van der Waals surface area contributed by atoms with Gasteiger partial charge in [0.1, 0.15) is 13.2 Å². The Bertz CT molecular complexity index is 1400. The zero-order valence-electron chi connectivity index (χ0n) is 48.1. The van der Waals surface area contributed by atoms with Crippen molar-refractivity contribution in [3.8, 4) is 0 Å². The molecule has 0 radical (unpaired) electrons. The lowest BCUT2D eigenvalue weighted by atomic mass is 10.1. The van der Waals surface area contributed by atoms with Crippen LogP contribution in [0.2, 0.25) is 0 Å². The van der Waals surface area contributed by atoms with E-state index in [0.717, 1.165) is 116 Å². The van der Waals surface area contributed by atoms with E-state index in [1.54, 1.807) is 0 Å². The number of hydrogen-bond donors (Lipinski definition) is 0. The fourth-order valence-electron chi connectivity index (χ4n) is 8.69. The highest BCUT2D eigenvalue weighted by atomic mass is 16.6. The van der Waals surface area contributed by atoms with Crippen molar-refractivity contribution in [2.45, 2.75) is 309 Å². The van der Waals surface area contributed by atoms with E-state index in [2.05, 4.69) is 106 Å². The molecule has 0 fully saturated rings. The molecule has 0 saturated heterocycles. The Hall–Kier alpha value is -3.41. The molecule has 0 amide bonds. The van der Waals surface area contributed by atoms with Crippen LogP contribution in [0.4, 0.5) is 0 Å². The van der Waals surface area contributed by atoms with Crippen LogP contribution in [-0.2, 0) is 28.6 Å². The highest BCUT2D eigenvalue weighted by Crippen LogP contribution is 2.15. The van der Waals surface area contributed by atoms with Gasteiger partial charge in [-0.3, -0.25) is 14.4 Å². The Labute approximate surface area is 452 Å². The van der Waals surface area contributed by atoms with Crippen LogP contribution in [0.15, 0.2) is 85.1 Å². The first kappa shape index (κ1) is 69.6. The molecule has 6 nitrogen and oxygen atoms in total. The van der Waals surface area contributed by atoms with Crippen molar-refractivity contribution < 1.29 is 28.6 Å². The number of esters is 3. The Morgan fingerprint density at radius 3 is 0.863 bits per heavy atom. The van der Waals surface area contributed by atoms with Crippen molar-refractivity contribution in [3.05, 3.63) is 85.1 Å². The van der Waals surface area contributed by atoms with Crippen molar-refractivity contribution in [1.82, 2.24) is 0 Å². The number of hydrogen-bond acceptors (Lipinski definition) is 6. The molecule has 420 valence electrons. The van der Waals surface area contributed by atoms with E-state index in [1.807, 2.05) is 0 Å². The van der Waals surface area contributed by atoms with E-state index in [1.165, 1.54) is 148 Å². The third-order valence-corrected chi connectivity index (χ3v) is 13.4. The Morgan fingerprint density at radius 1 is 0.288 bits per heavy atom. The van der Waals surface area contributed by atoms with Crippen LogP contribution >= 0.6 is 0 Å². The van der Waals surface area contributed by atoms with Crippen molar-refractivity contribution in [2.24, 2.45) is 0 Å².